The number of hydrogen-bond donors (Lipinski definition) is 1. The van der Waals surface area contributed by atoms with Gasteiger partial charge in [-0.1, -0.05) is 54.6 Å². The first-order valence-electron chi connectivity index (χ1n) is 7.64. The fraction of sp³-hybridized carbons (Fsp3) is 0.263. The first-order chi connectivity index (χ1) is 10.3. The molecule has 0 amide bonds. The first-order valence-corrected chi connectivity index (χ1v) is 7.64. The van der Waals surface area contributed by atoms with Gasteiger partial charge in [-0.25, -0.2) is 0 Å². The molecule has 2 aromatic carbocycles. The number of benzene rings is 2. The third-order valence-electron chi connectivity index (χ3n) is 4.62. The molecule has 0 bridgehead atoms. The largest absolute Gasteiger partial charge is 0.386 e. The minimum atomic E-state index is -0.461. The molecule has 1 N–H and O–H groups in total. The van der Waals surface area contributed by atoms with Crippen LogP contribution in [0.25, 0.3) is 6.08 Å². The average molecular weight is 277 g/mol. The van der Waals surface area contributed by atoms with Crippen LogP contribution in [0, 0.1) is 0 Å². The molecule has 0 aromatic heterocycles. The fourth-order valence-corrected chi connectivity index (χ4v) is 3.57. The summed E-state index contributed by atoms with van der Waals surface area (Å²) in [5.41, 5.74) is 4.83. The molecule has 0 unspecified atom stereocenters. The Balaban J connectivity index is 1.73. The van der Waals surface area contributed by atoms with E-state index in [4.69, 9.17) is 0 Å². The van der Waals surface area contributed by atoms with E-state index in [0.717, 1.165) is 30.5 Å². The van der Waals surface area contributed by atoms with Crippen molar-refractivity contribution in [3.63, 3.8) is 0 Å². The zero-order chi connectivity index (χ0) is 14.2. The number of nitrogens with zero attached hydrogens (tertiary/aromatic N) is 1. The van der Waals surface area contributed by atoms with Crippen molar-refractivity contribution in [1.82, 2.24) is 0 Å². The average Bonchev–Trinajstić information content (AvgIpc) is 2.55. The van der Waals surface area contributed by atoms with Crippen LogP contribution in [0.2, 0.25) is 0 Å². The maximum Gasteiger partial charge on any atom is 0.103 e. The lowest BCUT2D eigenvalue weighted by Crippen LogP contribution is -2.42. The van der Waals surface area contributed by atoms with Gasteiger partial charge < -0.3 is 10.0 Å². The van der Waals surface area contributed by atoms with Crippen LogP contribution in [-0.2, 0) is 6.42 Å². The van der Waals surface area contributed by atoms with Crippen LogP contribution in [-0.4, -0.2) is 17.7 Å². The summed E-state index contributed by atoms with van der Waals surface area (Å²) in [7, 11) is 0. The molecular formula is C19H19NO. The normalized spacial score (nSPS) is 23.6. The smallest absolute Gasteiger partial charge is 0.103 e. The van der Waals surface area contributed by atoms with Gasteiger partial charge in [0, 0.05) is 12.2 Å². The molecule has 0 radical (unpaired) electrons. The lowest BCUT2D eigenvalue weighted by molar-refractivity contribution is 0.156. The van der Waals surface area contributed by atoms with Crippen LogP contribution in [0.4, 0.5) is 5.69 Å². The number of anilines is 1. The quantitative estimate of drug-likeness (QED) is 0.861. The van der Waals surface area contributed by atoms with E-state index in [1.54, 1.807) is 0 Å². The van der Waals surface area contributed by atoms with Crippen molar-refractivity contribution in [1.29, 1.82) is 0 Å². The lowest BCUT2D eigenvalue weighted by atomic mass is 9.89. The Morgan fingerprint density at radius 1 is 1.00 bits per heavy atom. The van der Waals surface area contributed by atoms with Crippen molar-refractivity contribution in [2.45, 2.75) is 25.0 Å². The van der Waals surface area contributed by atoms with Crippen LogP contribution in [0.3, 0.4) is 0 Å². The van der Waals surface area contributed by atoms with E-state index in [2.05, 4.69) is 47.4 Å². The fourth-order valence-electron chi connectivity index (χ4n) is 3.57. The van der Waals surface area contributed by atoms with Gasteiger partial charge in [0.2, 0.25) is 0 Å². The minimum Gasteiger partial charge on any atom is -0.386 e. The van der Waals surface area contributed by atoms with Crippen LogP contribution < -0.4 is 4.90 Å². The van der Waals surface area contributed by atoms with Gasteiger partial charge in [0.25, 0.3) is 0 Å². The molecule has 4 rings (SSSR count). The summed E-state index contributed by atoms with van der Waals surface area (Å²) in [5, 5.41) is 10.8. The van der Waals surface area contributed by atoms with Gasteiger partial charge in [0.1, 0.15) is 6.10 Å². The lowest BCUT2D eigenvalue weighted by Gasteiger charge is -2.40. The predicted molar refractivity (Wildman–Crippen MR) is 86.3 cm³/mol. The maximum atomic E-state index is 10.8. The molecular weight excluding hydrogens is 258 g/mol. The molecule has 0 saturated heterocycles. The number of fused-ring (bicyclic) bond motifs is 2. The van der Waals surface area contributed by atoms with Gasteiger partial charge in [0.15, 0.2) is 0 Å². The molecule has 0 spiro atoms. The highest BCUT2D eigenvalue weighted by Crippen LogP contribution is 2.36. The van der Waals surface area contributed by atoms with E-state index in [1.807, 2.05) is 18.2 Å². The van der Waals surface area contributed by atoms with Gasteiger partial charge in [-0.15, -0.1) is 0 Å². The van der Waals surface area contributed by atoms with Gasteiger partial charge in [-0.05, 0) is 35.6 Å². The molecule has 2 atom stereocenters. The molecule has 1 aliphatic heterocycles. The van der Waals surface area contributed by atoms with Gasteiger partial charge in [-0.2, -0.15) is 0 Å². The molecule has 21 heavy (non-hydrogen) atoms. The van der Waals surface area contributed by atoms with Crippen LogP contribution in [0.1, 0.15) is 29.2 Å². The highest BCUT2D eigenvalue weighted by Gasteiger charge is 2.31. The Morgan fingerprint density at radius 2 is 1.81 bits per heavy atom. The van der Waals surface area contributed by atoms with Crippen molar-refractivity contribution >= 4 is 11.8 Å². The Morgan fingerprint density at radius 3 is 2.76 bits per heavy atom. The summed E-state index contributed by atoms with van der Waals surface area (Å²) >= 11 is 0. The third-order valence-corrected chi connectivity index (χ3v) is 4.62. The highest BCUT2D eigenvalue weighted by atomic mass is 16.3. The molecule has 2 aromatic rings. The first kappa shape index (κ1) is 12.7. The second kappa shape index (κ2) is 5.05. The molecule has 2 heteroatoms. The second-order valence-electron chi connectivity index (χ2n) is 5.85. The van der Waals surface area contributed by atoms with Gasteiger partial charge in [0.05, 0.1) is 6.04 Å². The summed E-state index contributed by atoms with van der Waals surface area (Å²) in [6, 6.07) is 16.7. The molecule has 106 valence electrons. The number of aliphatic hydroxyl groups excluding tert-OH is 1. The van der Waals surface area contributed by atoms with Crippen molar-refractivity contribution < 1.29 is 5.11 Å². The number of para-hydroxylation sites is 1. The second-order valence-corrected chi connectivity index (χ2v) is 5.85. The van der Waals surface area contributed by atoms with E-state index >= 15 is 0 Å². The third kappa shape index (κ3) is 2.07. The maximum absolute atomic E-state index is 10.8. The molecule has 0 saturated carbocycles. The summed E-state index contributed by atoms with van der Waals surface area (Å²) in [4.78, 5) is 2.36. The zero-order valence-electron chi connectivity index (χ0n) is 11.9. The Labute approximate surface area is 125 Å². The summed E-state index contributed by atoms with van der Waals surface area (Å²) < 4.78 is 0. The van der Waals surface area contributed by atoms with Gasteiger partial charge in [-0.3, -0.25) is 0 Å². The Bertz CT molecular complexity index is 691. The van der Waals surface area contributed by atoms with Crippen LogP contribution in [0.15, 0.2) is 54.6 Å². The summed E-state index contributed by atoms with van der Waals surface area (Å²) in [5.74, 6) is 0. The van der Waals surface area contributed by atoms with Crippen LogP contribution in [0.5, 0.6) is 0 Å². The minimum absolute atomic E-state index is 0.0290. The molecule has 2 nitrogen and oxygen atoms in total. The van der Waals surface area contributed by atoms with Gasteiger partial charge >= 0.3 is 0 Å². The monoisotopic (exact) mass is 277 g/mol. The van der Waals surface area contributed by atoms with Crippen molar-refractivity contribution in [2.24, 2.45) is 0 Å². The molecule has 2 aliphatic rings. The van der Waals surface area contributed by atoms with E-state index in [1.165, 1.54) is 11.3 Å². The van der Waals surface area contributed by atoms with E-state index in [9.17, 15) is 5.11 Å². The summed E-state index contributed by atoms with van der Waals surface area (Å²) in [6.07, 6.45) is 6.11. The van der Waals surface area contributed by atoms with Crippen molar-refractivity contribution in [2.75, 3.05) is 11.4 Å². The van der Waals surface area contributed by atoms with E-state index < -0.39 is 6.10 Å². The van der Waals surface area contributed by atoms with Crippen molar-refractivity contribution in [3.8, 4) is 0 Å². The Kier molecular flexibility index (Phi) is 3.04. The molecule has 0 fully saturated rings. The SMILES string of the molecule is O[C@@H]1c2ccccc2C=C[C@H]1N1CCCc2ccccc21. The molecule has 1 aliphatic carbocycles. The number of rotatable bonds is 1. The highest BCUT2D eigenvalue weighted by molar-refractivity contribution is 5.63. The number of aryl methyl sites for hydroxylation is 1. The number of aliphatic hydroxyl groups is 1. The topological polar surface area (TPSA) is 23.5 Å². The summed E-state index contributed by atoms with van der Waals surface area (Å²) in [6.45, 7) is 1.01. The number of hydrogen-bond acceptors (Lipinski definition) is 2. The van der Waals surface area contributed by atoms with Crippen LogP contribution >= 0.6 is 0 Å². The van der Waals surface area contributed by atoms with E-state index in [-0.39, 0.29) is 6.04 Å². The predicted octanol–water partition coefficient (Wildman–Crippen LogP) is 3.57. The van der Waals surface area contributed by atoms with E-state index in [0.29, 0.717) is 0 Å². The standard InChI is InChI=1S/C19H19NO/c21-19-16-9-3-1-6-14(16)11-12-18(19)20-13-5-8-15-7-2-4-10-17(15)20/h1-4,6-7,9-12,18-19,21H,5,8,13H2/t18-,19-/m1/s1. The van der Waals surface area contributed by atoms with Crippen molar-refractivity contribution in [3.05, 3.63) is 71.3 Å². The molecule has 1 heterocycles. The zero-order valence-corrected chi connectivity index (χ0v) is 11.9. The Hall–Kier alpha value is -2.06.